The zero-order valence-corrected chi connectivity index (χ0v) is 12.3. The number of benzene rings is 2. The van der Waals surface area contributed by atoms with Gasteiger partial charge in [-0.3, -0.25) is 10.1 Å². The van der Waals surface area contributed by atoms with Gasteiger partial charge in [-0.1, -0.05) is 0 Å². The molecule has 1 heterocycles. The Balaban J connectivity index is 1.78. The summed E-state index contributed by atoms with van der Waals surface area (Å²) in [7, 11) is 0. The molecule has 2 aromatic carbocycles. The molecule has 116 valence electrons. The molecule has 0 saturated heterocycles. The van der Waals surface area contributed by atoms with E-state index >= 15 is 0 Å². The van der Waals surface area contributed by atoms with Crippen molar-refractivity contribution in [3.8, 4) is 11.3 Å². The Kier molecular flexibility index (Phi) is 4.12. The van der Waals surface area contributed by atoms with E-state index in [0.29, 0.717) is 17.3 Å². The van der Waals surface area contributed by atoms with E-state index < -0.39 is 17.5 Å². The van der Waals surface area contributed by atoms with Crippen molar-refractivity contribution < 1.29 is 18.0 Å². The van der Waals surface area contributed by atoms with Crippen LogP contribution < -0.4 is 5.32 Å². The average molecular weight is 334 g/mol. The largest absolute Gasteiger partial charge is 0.298 e. The van der Waals surface area contributed by atoms with Crippen LogP contribution in [0.15, 0.2) is 47.8 Å². The third-order valence-corrected chi connectivity index (χ3v) is 3.75. The highest BCUT2D eigenvalue weighted by atomic mass is 32.1. The Bertz CT molecular complexity index is 842. The second kappa shape index (κ2) is 6.21. The zero-order chi connectivity index (χ0) is 16.4. The van der Waals surface area contributed by atoms with Gasteiger partial charge in [0.1, 0.15) is 17.5 Å². The number of halogens is 3. The highest BCUT2D eigenvalue weighted by molar-refractivity contribution is 7.14. The second-order valence-electron chi connectivity index (χ2n) is 4.66. The molecule has 0 fully saturated rings. The minimum Gasteiger partial charge on any atom is -0.298 e. The van der Waals surface area contributed by atoms with Crippen molar-refractivity contribution in [3.63, 3.8) is 0 Å². The van der Waals surface area contributed by atoms with Crippen molar-refractivity contribution in [2.45, 2.75) is 0 Å². The third kappa shape index (κ3) is 3.57. The normalized spacial score (nSPS) is 10.6. The number of aromatic nitrogens is 1. The summed E-state index contributed by atoms with van der Waals surface area (Å²) in [6, 6.07) is 8.31. The minimum absolute atomic E-state index is 0.138. The number of hydrogen-bond acceptors (Lipinski definition) is 3. The molecule has 0 radical (unpaired) electrons. The van der Waals surface area contributed by atoms with E-state index in [1.165, 1.54) is 12.1 Å². The van der Waals surface area contributed by atoms with Gasteiger partial charge in [-0.25, -0.2) is 18.2 Å². The summed E-state index contributed by atoms with van der Waals surface area (Å²) in [6.45, 7) is 0. The van der Waals surface area contributed by atoms with Crippen molar-refractivity contribution in [2.24, 2.45) is 0 Å². The van der Waals surface area contributed by atoms with Crippen LogP contribution in [-0.2, 0) is 0 Å². The Morgan fingerprint density at radius 3 is 2.26 bits per heavy atom. The first-order valence-electron chi connectivity index (χ1n) is 6.50. The first-order valence-corrected chi connectivity index (χ1v) is 7.38. The van der Waals surface area contributed by atoms with E-state index in [0.717, 1.165) is 23.5 Å². The highest BCUT2D eigenvalue weighted by Crippen LogP contribution is 2.25. The summed E-state index contributed by atoms with van der Waals surface area (Å²) >= 11 is 1.16. The van der Waals surface area contributed by atoms with E-state index in [-0.39, 0.29) is 16.5 Å². The SMILES string of the molecule is O=C(Nc1nc(-c2ccc(F)cc2)cs1)c1cc(F)cc(F)c1. The lowest BCUT2D eigenvalue weighted by atomic mass is 10.2. The maximum atomic E-state index is 13.1. The molecule has 3 aromatic rings. The lowest BCUT2D eigenvalue weighted by Crippen LogP contribution is -2.12. The number of rotatable bonds is 3. The lowest BCUT2D eigenvalue weighted by molar-refractivity contribution is 0.102. The van der Waals surface area contributed by atoms with Gasteiger partial charge < -0.3 is 0 Å². The standard InChI is InChI=1S/C16H9F3N2OS/c17-11-3-1-9(2-4-11)14-8-23-16(20-14)21-15(22)10-5-12(18)7-13(19)6-10/h1-8H,(H,20,21,22). The van der Waals surface area contributed by atoms with Crippen LogP contribution in [0.25, 0.3) is 11.3 Å². The van der Waals surface area contributed by atoms with Crippen LogP contribution >= 0.6 is 11.3 Å². The van der Waals surface area contributed by atoms with E-state index in [2.05, 4.69) is 10.3 Å². The van der Waals surface area contributed by atoms with Gasteiger partial charge in [-0.05, 0) is 36.4 Å². The third-order valence-electron chi connectivity index (χ3n) is 2.99. The number of nitrogens with one attached hydrogen (secondary N) is 1. The lowest BCUT2D eigenvalue weighted by Gasteiger charge is -2.02. The molecule has 3 rings (SSSR count). The topological polar surface area (TPSA) is 42.0 Å². The van der Waals surface area contributed by atoms with Crippen molar-refractivity contribution >= 4 is 22.4 Å². The zero-order valence-electron chi connectivity index (χ0n) is 11.5. The van der Waals surface area contributed by atoms with Crippen molar-refractivity contribution in [1.82, 2.24) is 4.98 Å². The van der Waals surface area contributed by atoms with E-state index in [4.69, 9.17) is 0 Å². The Hall–Kier alpha value is -2.67. The molecule has 1 N–H and O–H groups in total. The van der Waals surface area contributed by atoms with Crippen LogP contribution in [0.2, 0.25) is 0 Å². The molecule has 0 bridgehead atoms. The molecule has 0 saturated carbocycles. The van der Waals surface area contributed by atoms with Gasteiger partial charge >= 0.3 is 0 Å². The quantitative estimate of drug-likeness (QED) is 0.767. The van der Waals surface area contributed by atoms with Gasteiger partial charge in [0, 0.05) is 22.6 Å². The molecule has 0 unspecified atom stereocenters. The van der Waals surface area contributed by atoms with Gasteiger partial charge in [0.2, 0.25) is 0 Å². The smallest absolute Gasteiger partial charge is 0.257 e. The number of hydrogen-bond donors (Lipinski definition) is 1. The molecule has 0 atom stereocenters. The molecule has 0 aliphatic carbocycles. The maximum absolute atomic E-state index is 13.1. The van der Waals surface area contributed by atoms with Gasteiger partial charge in [0.15, 0.2) is 5.13 Å². The van der Waals surface area contributed by atoms with Crippen LogP contribution in [-0.4, -0.2) is 10.9 Å². The number of carbonyl (C=O) groups excluding carboxylic acids is 1. The molecule has 0 spiro atoms. The first-order chi connectivity index (χ1) is 11.0. The summed E-state index contributed by atoms with van der Waals surface area (Å²) in [5, 5.41) is 4.44. The number of amides is 1. The number of carbonyl (C=O) groups is 1. The fraction of sp³-hybridized carbons (Fsp3) is 0. The van der Waals surface area contributed by atoms with Crippen molar-refractivity contribution in [2.75, 3.05) is 5.32 Å². The minimum atomic E-state index is -0.832. The highest BCUT2D eigenvalue weighted by Gasteiger charge is 2.12. The predicted octanol–water partition coefficient (Wildman–Crippen LogP) is 4.48. The van der Waals surface area contributed by atoms with Gasteiger partial charge in [-0.15, -0.1) is 11.3 Å². The average Bonchev–Trinajstić information content (AvgIpc) is 2.95. The number of nitrogens with zero attached hydrogens (tertiary/aromatic N) is 1. The van der Waals surface area contributed by atoms with E-state index in [9.17, 15) is 18.0 Å². The Labute approximate surface area is 133 Å². The molecular formula is C16H9F3N2OS. The van der Waals surface area contributed by atoms with Crippen LogP contribution in [0.4, 0.5) is 18.3 Å². The number of thiazole rings is 1. The molecular weight excluding hydrogens is 325 g/mol. The summed E-state index contributed by atoms with van der Waals surface area (Å²) in [5.74, 6) is -2.68. The maximum Gasteiger partial charge on any atom is 0.257 e. The molecule has 23 heavy (non-hydrogen) atoms. The predicted molar refractivity (Wildman–Crippen MR) is 81.8 cm³/mol. The Morgan fingerprint density at radius 2 is 1.61 bits per heavy atom. The van der Waals surface area contributed by atoms with E-state index in [1.807, 2.05) is 0 Å². The van der Waals surface area contributed by atoms with Gasteiger partial charge in [0.05, 0.1) is 5.69 Å². The van der Waals surface area contributed by atoms with Crippen molar-refractivity contribution in [1.29, 1.82) is 0 Å². The second-order valence-corrected chi connectivity index (χ2v) is 5.52. The fourth-order valence-electron chi connectivity index (χ4n) is 1.94. The summed E-state index contributed by atoms with van der Waals surface area (Å²) in [4.78, 5) is 16.2. The fourth-order valence-corrected chi connectivity index (χ4v) is 2.65. The molecule has 1 amide bonds. The van der Waals surface area contributed by atoms with Gasteiger partial charge in [0.25, 0.3) is 5.91 Å². The van der Waals surface area contributed by atoms with Crippen molar-refractivity contribution in [3.05, 3.63) is 70.9 Å². The molecule has 0 aliphatic rings. The number of anilines is 1. The molecule has 7 heteroatoms. The summed E-state index contributed by atoms with van der Waals surface area (Å²) in [6.07, 6.45) is 0. The molecule has 0 aliphatic heterocycles. The van der Waals surface area contributed by atoms with Crippen LogP contribution in [0.1, 0.15) is 10.4 Å². The molecule has 1 aromatic heterocycles. The molecule has 3 nitrogen and oxygen atoms in total. The Morgan fingerprint density at radius 1 is 0.957 bits per heavy atom. The van der Waals surface area contributed by atoms with E-state index in [1.54, 1.807) is 17.5 Å². The van der Waals surface area contributed by atoms with Gasteiger partial charge in [-0.2, -0.15) is 0 Å². The van der Waals surface area contributed by atoms with Crippen LogP contribution in [0.3, 0.4) is 0 Å². The van der Waals surface area contributed by atoms with Crippen LogP contribution in [0.5, 0.6) is 0 Å². The van der Waals surface area contributed by atoms with Crippen LogP contribution in [0, 0.1) is 17.5 Å². The monoisotopic (exact) mass is 334 g/mol. The summed E-state index contributed by atoms with van der Waals surface area (Å²) in [5.41, 5.74) is 1.12. The summed E-state index contributed by atoms with van der Waals surface area (Å²) < 4.78 is 39.1. The first kappa shape index (κ1) is 15.2.